The molecule has 1 aliphatic heterocycles. The van der Waals surface area contributed by atoms with Crippen LogP contribution in [-0.4, -0.2) is 54.0 Å². The van der Waals surface area contributed by atoms with Gasteiger partial charge in [0.05, 0.1) is 0 Å². The Morgan fingerprint density at radius 1 is 1.12 bits per heavy atom. The van der Waals surface area contributed by atoms with E-state index in [-0.39, 0.29) is 18.5 Å². The number of nitrogens with zero attached hydrogens (tertiary/aromatic N) is 1. The number of ether oxygens (including phenoxy) is 1. The van der Waals surface area contributed by atoms with Crippen molar-refractivity contribution < 1.29 is 23.9 Å². The number of hydrogen-bond acceptors (Lipinski definition) is 5. The van der Waals surface area contributed by atoms with Gasteiger partial charge in [0, 0.05) is 19.0 Å². The maximum atomic E-state index is 12.0. The van der Waals surface area contributed by atoms with Crippen LogP contribution in [0.3, 0.4) is 0 Å². The Balaban J connectivity index is 1.72. The molecule has 0 unspecified atom stereocenters. The van der Waals surface area contributed by atoms with E-state index in [4.69, 9.17) is 4.74 Å². The van der Waals surface area contributed by atoms with Crippen molar-refractivity contribution in [2.24, 2.45) is 0 Å². The zero-order valence-corrected chi connectivity index (χ0v) is 15.4. The number of esters is 1. The predicted molar refractivity (Wildman–Crippen MR) is 94.1 cm³/mol. The van der Waals surface area contributed by atoms with E-state index in [2.05, 4.69) is 10.6 Å². The first kappa shape index (κ1) is 20.2. The van der Waals surface area contributed by atoms with E-state index < -0.39 is 24.0 Å². The van der Waals surface area contributed by atoms with Gasteiger partial charge in [0.1, 0.15) is 6.54 Å². The van der Waals surface area contributed by atoms with Crippen LogP contribution in [0, 0.1) is 0 Å². The quantitative estimate of drug-likeness (QED) is 0.716. The van der Waals surface area contributed by atoms with Crippen molar-refractivity contribution in [1.82, 2.24) is 15.5 Å². The van der Waals surface area contributed by atoms with E-state index in [1.54, 1.807) is 0 Å². The number of hydrogen-bond donors (Lipinski definition) is 2. The van der Waals surface area contributed by atoms with Gasteiger partial charge in [0.25, 0.3) is 5.91 Å². The first-order valence-electron chi connectivity index (χ1n) is 9.54. The zero-order chi connectivity index (χ0) is 18.9. The highest BCUT2D eigenvalue weighted by Gasteiger charge is 2.25. The van der Waals surface area contributed by atoms with Crippen LogP contribution < -0.4 is 10.6 Å². The summed E-state index contributed by atoms with van der Waals surface area (Å²) in [6.07, 6.45) is 7.13. The highest BCUT2D eigenvalue weighted by atomic mass is 16.5. The Labute approximate surface area is 154 Å². The van der Waals surface area contributed by atoms with Gasteiger partial charge in [-0.1, -0.05) is 25.7 Å². The third kappa shape index (κ3) is 6.65. The monoisotopic (exact) mass is 367 g/mol. The summed E-state index contributed by atoms with van der Waals surface area (Å²) in [4.78, 5) is 49.2. The number of urea groups is 1. The third-order valence-electron chi connectivity index (χ3n) is 4.85. The van der Waals surface area contributed by atoms with Crippen LogP contribution in [0.2, 0.25) is 0 Å². The summed E-state index contributed by atoms with van der Waals surface area (Å²) >= 11 is 0. The average molecular weight is 367 g/mol. The summed E-state index contributed by atoms with van der Waals surface area (Å²) < 4.78 is 5.07. The molecule has 4 amide bonds. The van der Waals surface area contributed by atoms with E-state index >= 15 is 0 Å². The van der Waals surface area contributed by atoms with Crippen molar-refractivity contribution in [1.29, 1.82) is 0 Å². The van der Waals surface area contributed by atoms with Crippen LogP contribution in [0.1, 0.15) is 64.7 Å². The van der Waals surface area contributed by atoms with Gasteiger partial charge in [0.15, 0.2) is 6.10 Å². The van der Waals surface area contributed by atoms with Crippen LogP contribution in [-0.2, 0) is 19.1 Å². The van der Waals surface area contributed by atoms with Gasteiger partial charge in [0.2, 0.25) is 5.91 Å². The highest BCUT2D eigenvalue weighted by Crippen LogP contribution is 2.17. The molecule has 0 aromatic rings. The van der Waals surface area contributed by atoms with E-state index in [0.717, 1.165) is 44.9 Å². The number of carbonyl (C=O) groups is 4. The number of amides is 4. The Bertz CT molecular complexity index is 531. The molecular formula is C18H29N3O5. The first-order valence-corrected chi connectivity index (χ1v) is 9.54. The van der Waals surface area contributed by atoms with Crippen molar-refractivity contribution in [2.45, 2.75) is 76.9 Å². The third-order valence-corrected chi connectivity index (χ3v) is 4.85. The predicted octanol–water partition coefficient (Wildman–Crippen LogP) is 1.48. The SMILES string of the molecule is C[C@@H](OC(=O)CN1CCCCCC1=O)C(=O)NC(=O)NC1CCCCC1. The van der Waals surface area contributed by atoms with Crippen molar-refractivity contribution >= 4 is 23.8 Å². The minimum Gasteiger partial charge on any atom is -0.451 e. The van der Waals surface area contributed by atoms with Gasteiger partial charge in [-0.25, -0.2) is 4.79 Å². The zero-order valence-electron chi connectivity index (χ0n) is 15.4. The molecule has 1 heterocycles. The summed E-state index contributed by atoms with van der Waals surface area (Å²) in [5.74, 6) is -1.38. The maximum Gasteiger partial charge on any atom is 0.326 e. The van der Waals surface area contributed by atoms with Gasteiger partial charge >= 0.3 is 12.0 Å². The fraction of sp³-hybridized carbons (Fsp3) is 0.778. The lowest BCUT2D eigenvalue weighted by Gasteiger charge is -2.23. The van der Waals surface area contributed by atoms with Gasteiger partial charge < -0.3 is 15.0 Å². The first-order chi connectivity index (χ1) is 12.5. The molecule has 0 radical (unpaired) electrons. The molecule has 0 aromatic heterocycles. The normalized spacial score (nSPS) is 20.0. The van der Waals surface area contributed by atoms with Crippen LogP contribution in [0.15, 0.2) is 0 Å². The number of likely N-dealkylation sites (tertiary alicyclic amines) is 1. The number of carbonyl (C=O) groups excluding carboxylic acids is 4. The van der Waals surface area contributed by atoms with Gasteiger partial charge in [-0.15, -0.1) is 0 Å². The molecule has 1 aliphatic carbocycles. The highest BCUT2D eigenvalue weighted by molar-refractivity contribution is 5.97. The molecule has 0 spiro atoms. The molecule has 8 heteroatoms. The van der Waals surface area contributed by atoms with Crippen LogP contribution in [0.25, 0.3) is 0 Å². The van der Waals surface area contributed by atoms with E-state index in [1.807, 2.05) is 0 Å². The molecule has 1 atom stereocenters. The van der Waals surface area contributed by atoms with Crippen molar-refractivity contribution in [3.05, 3.63) is 0 Å². The van der Waals surface area contributed by atoms with Gasteiger partial charge in [-0.3, -0.25) is 19.7 Å². The molecule has 2 aliphatic rings. The van der Waals surface area contributed by atoms with E-state index in [9.17, 15) is 19.2 Å². The van der Waals surface area contributed by atoms with Gasteiger partial charge in [-0.2, -0.15) is 0 Å². The number of nitrogens with one attached hydrogen (secondary N) is 2. The van der Waals surface area contributed by atoms with Gasteiger partial charge in [-0.05, 0) is 32.6 Å². The van der Waals surface area contributed by atoms with Crippen molar-refractivity contribution in [3.63, 3.8) is 0 Å². The van der Waals surface area contributed by atoms with Crippen LogP contribution >= 0.6 is 0 Å². The molecule has 2 fully saturated rings. The summed E-state index contributed by atoms with van der Waals surface area (Å²) in [5, 5.41) is 4.98. The Morgan fingerprint density at radius 2 is 1.81 bits per heavy atom. The van der Waals surface area contributed by atoms with Crippen LogP contribution in [0.5, 0.6) is 0 Å². The standard InChI is InChI=1S/C18H29N3O5/c1-13(17(24)20-18(25)19-14-8-4-2-5-9-14)26-16(23)12-21-11-7-3-6-10-15(21)22/h13-14H,2-12H2,1H3,(H2,19,20,24,25)/t13-/m1/s1. The Morgan fingerprint density at radius 3 is 2.54 bits per heavy atom. The molecule has 2 N–H and O–H groups in total. The van der Waals surface area contributed by atoms with Crippen LogP contribution in [0.4, 0.5) is 4.79 Å². The summed E-state index contributed by atoms with van der Waals surface area (Å²) in [7, 11) is 0. The molecule has 8 nitrogen and oxygen atoms in total. The molecular weight excluding hydrogens is 338 g/mol. The molecule has 146 valence electrons. The van der Waals surface area contributed by atoms with E-state index in [0.29, 0.717) is 13.0 Å². The second-order valence-electron chi connectivity index (χ2n) is 7.06. The second kappa shape index (κ2) is 10.1. The largest absolute Gasteiger partial charge is 0.451 e. The topological polar surface area (TPSA) is 105 Å². The molecule has 26 heavy (non-hydrogen) atoms. The maximum absolute atomic E-state index is 12.0. The number of imide groups is 1. The minimum absolute atomic E-state index is 0.0663. The summed E-state index contributed by atoms with van der Waals surface area (Å²) in [6.45, 7) is 1.77. The average Bonchev–Trinajstić information content (AvgIpc) is 2.80. The summed E-state index contributed by atoms with van der Waals surface area (Å²) in [5.41, 5.74) is 0. The lowest BCUT2D eigenvalue weighted by Crippen LogP contribution is -2.48. The minimum atomic E-state index is -1.10. The molecule has 0 bridgehead atoms. The molecule has 1 saturated heterocycles. The lowest BCUT2D eigenvalue weighted by atomic mass is 9.96. The summed E-state index contributed by atoms with van der Waals surface area (Å²) in [6, 6.07) is -0.476. The van der Waals surface area contributed by atoms with Crippen molar-refractivity contribution in [2.75, 3.05) is 13.1 Å². The number of rotatable bonds is 5. The second-order valence-corrected chi connectivity index (χ2v) is 7.06. The Kier molecular flexibility index (Phi) is 7.87. The Hall–Kier alpha value is -2.12. The fourth-order valence-electron chi connectivity index (χ4n) is 3.33. The van der Waals surface area contributed by atoms with Crippen molar-refractivity contribution in [3.8, 4) is 0 Å². The smallest absolute Gasteiger partial charge is 0.326 e. The molecule has 1 saturated carbocycles. The fourth-order valence-corrected chi connectivity index (χ4v) is 3.33. The van der Waals surface area contributed by atoms with E-state index in [1.165, 1.54) is 18.2 Å². The molecule has 2 rings (SSSR count). The molecule has 0 aromatic carbocycles. The lowest BCUT2D eigenvalue weighted by molar-refractivity contribution is -0.157.